The van der Waals surface area contributed by atoms with Crippen LogP contribution in [-0.2, 0) is 6.42 Å². The zero-order valence-electron chi connectivity index (χ0n) is 21.7. The van der Waals surface area contributed by atoms with E-state index in [4.69, 9.17) is 35.4 Å². The highest BCUT2D eigenvalue weighted by Crippen LogP contribution is 2.32. The van der Waals surface area contributed by atoms with Gasteiger partial charge in [-0.25, -0.2) is 0 Å². The van der Waals surface area contributed by atoms with Gasteiger partial charge in [0.15, 0.2) is 11.1 Å². The molecule has 202 valence electrons. The number of halogens is 2. The van der Waals surface area contributed by atoms with Crippen LogP contribution in [0.2, 0.25) is 10.0 Å². The lowest BCUT2D eigenvalue weighted by Gasteiger charge is -2.25. The number of thioether (sulfide) groups is 2. The Morgan fingerprint density at radius 3 is 2.67 bits per heavy atom. The van der Waals surface area contributed by atoms with E-state index in [0.29, 0.717) is 46.8 Å². The van der Waals surface area contributed by atoms with Crippen molar-refractivity contribution in [3.8, 4) is 6.07 Å². The lowest BCUT2D eigenvalue weighted by atomic mass is 9.91. The summed E-state index contributed by atoms with van der Waals surface area (Å²) >= 11 is 21.9. The van der Waals surface area contributed by atoms with E-state index < -0.39 is 0 Å². The van der Waals surface area contributed by atoms with Gasteiger partial charge in [-0.1, -0.05) is 48.3 Å². The third-order valence-corrected chi connectivity index (χ3v) is 8.87. The van der Waals surface area contributed by atoms with Crippen LogP contribution in [0.4, 0.5) is 5.69 Å². The Bertz CT molecular complexity index is 1390. The van der Waals surface area contributed by atoms with Gasteiger partial charge < -0.3 is 10.6 Å². The molecule has 1 atom stereocenters. The molecule has 0 spiro atoms. The molecular weight excluding hydrogens is 585 g/mol. The maximum atomic E-state index is 9.50. The maximum absolute atomic E-state index is 9.50. The van der Waals surface area contributed by atoms with E-state index in [-0.39, 0.29) is 5.92 Å². The first-order valence-electron chi connectivity index (χ1n) is 12.5. The first kappa shape index (κ1) is 29.6. The van der Waals surface area contributed by atoms with Crippen molar-refractivity contribution < 1.29 is 0 Å². The normalized spacial score (nSPS) is 13.5. The van der Waals surface area contributed by atoms with E-state index in [1.807, 2.05) is 53.2 Å². The number of hydrogen-bond acceptors (Lipinski definition) is 6. The van der Waals surface area contributed by atoms with Crippen molar-refractivity contribution in [2.75, 3.05) is 37.0 Å². The number of anilines is 1. The second-order valence-electron chi connectivity index (χ2n) is 8.84. The van der Waals surface area contributed by atoms with Crippen molar-refractivity contribution in [1.29, 1.82) is 5.26 Å². The van der Waals surface area contributed by atoms with Crippen LogP contribution in [-0.4, -0.2) is 47.6 Å². The molecule has 0 bridgehead atoms. The summed E-state index contributed by atoms with van der Waals surface area (Å²) < 4.78 is 0. The Morgan fingerprint density at radius 2 is 1.97 bits per heavy atom. The predicted molar refractivity (Wildman–Crippen MR) is 172 cm³/mol. The van der Waals surface area contributed by atoms with Gasteiger partial charge in [-0.15, -0.1) is 23.5 Å². The monoisotopic (exact) mass is 613 g/mol. The third-order valence-electron chi connectivity index (χ3n) is 6.29. The number of nitriles is 1. The van der Waals surface area contributed by atoms with Gasteiger partial charge in [-0.3, -0.25) is 9.89 Å². The van der Waals surface area contributed by atoms with E-state index in [1.54, 1.807) is 17.8 Å². The highest BCUT2D eigenvalue weighted by atomic mass is 35.5. The number of guanidine groups is 1. The van der Waals surface area contributed by atoms with Crippen molar-refractivity contribution in [2.24, 2.45) is 4.99 Å². The summed E-state index contributed by atoms with van der Waals surface area (Å²) in [5, 5.41) is 18.1. The van der Waals surface area contributed by atoms with E-state index in [1.165, 1.54) is 10.5 Å². The highest BCUT2D eigenvalue weighted by Gasteiger charge is 2.23. The number of hydrogen-bond donors (Lipinski definition) is 2. The van der Waals surface area contributed by atoms with Crippen LogP contribution >= 0.6 is 58.9 Å². The van der Waals surface area contributed by atoms with Crippen molar-refractivity contribution in [3.05, 3.63) is 87.4 Å². The van der Waals surface area contributed by atoms with Crippen molar-refractivity contribution >= 4 is 75.7 Å². The van der Waals surface area contributed by atoms with Gasteiger partial charge in [0, 0.05) is 44.5 Å². The SMILES string of the molecule is CCSc1ccc(C(CNC2=NCCN2C(=S)Nc2cccc(Cl)c2)Cc2cc(SC)c(C#N)cc2Cl)cc1. The van der Waals surface area contributed by atoms with Crippen LogP contribution in [0.25, 0.3) is 0 Å². The molecule has 4 rings (SSSR count). The number of nitrogens with zero attached hydrogens (tertiary/aromatic N) is 3. The molecule has 3 aromatic rings. The summed E-state index contributed by atoms with van der Waals surface area (Å²) in [4.78, 5) is 8.85. The van der Waals surface area contributed by atoms with Crippen LogP contribution in [0.3, 0.4) is 0 Å². The molecule has 1 heterocycles. The second-order valence-corrected chi connectivity index (χ2v) is 12.3. The molecule has 1 aliphatic heterocycles. The van der Waals surface area contributed by atoms with Crippen LogP contribution in [0.5, 0.6) is 0 Å². The van der Waals surface area contributed by atoms with Gasteiger partial charge in [0.2, 0.25) is 0 Å². The van der Waals surface area contributed by atoms with Gasteiger partial charge in [-0.2, -0.15) is 5.26 Å². The molecule has 0 amide bonds. The van der Waals surface area contributed by atoms with Gasteiger partial charge in [0.05, 0.1) is 12.1 Å². The fourth-order valence-electron chi connectivity index (χ4n) is 4.35. The van der Waals surface area contributed by atoms with Crippen molar-refractivity contribution in [3.63, 3.8) is 0 Å². The van der Waals surface area contributed by atoms with Crippen molar-refractivity contribution in [2.45, 2.75) is 29.1 Å². The summed E-state index contributed by atoms with van der Waals surface area (Å²) in [5.74, 6) is 1.89. The minimum absolute atomic E-state index is 0.116. The quantitative estimate of drug-likeness (QED) is 0.189. The fraction of sp³-hybridized carbons (Fsp3) is 0.276. The Hall–Kier alpha value is -2.41. The van der Waals surface area contributed by atoms with Gasteiger partial charge in [-0.05, 0) is 84.2 Å². The molecule has 0 radical (unpaired) electrons. The Kier molecular flexibility index (Phi) is 10.8. The van der Waals surface area contributed by atoms with E-state index in [2.05, 4.69) is 52.9 Å². The summed E-state index contributed by atoms with van der Waals surface area (Å²) in [7, 11) is 0. The number of thiocarbonyl (C=S) groups is 1. The molecule has 1 aliphatic rings. The average molecular weight is 615 g/mol. The van der Waals surface area contributed by atoms with Crippen LogP contribution < -0.4 is 10.6 Å². The van der Waals surface area contributed by atoms with Gasteiger partial charge >= 0.3 is 0 Å². The minimum Gasteiger partial charge on any atom is -0.355 e. The number of rotatable bonds is 9. The Balaban J connectivity index is 1.53. The Labute approximate surface area is 254 Å². The highest BCUT2D eigenvalue weighted by molar-refractivity contribution is 7.99. The zero-order valence-corrected chi connectivity index (χ0v) is 25.7. The molecule has 0 saturated heterocycles. The molecular formula is C29H29Cl2N5S3. The molecule has 3 aromatic carbocycles. The molecule has 10 heteroatoms. The molecule has 5 nitrogen and oxygen atoms in total. The predicted octanol–water partition coefficient (Wildman–Crippen LogP) is 7.68. The second kappa shape index (κ2) is 14.3. The van der Waals surface area contributed by atoms with Crippen molar-refractivity contribution in [1.82, 2.24) is 10.2 Å². The van der Waals surface area contributed by atoms with Crippen LogP contribution in [0.15, 0.2) is 75.4 Å². The fourth-order valence-corrected chi connectivity index (χ4v) is 6.33. The number of nitrogens with one attached hydrogen (secondary N) is 2. The van der Waals surface area contributed by atoms with Crippen LogP contribution in [0, 0.1) is 11.3 Å². The van der Waals surface area contributed by atoms with E-state index in [9.17, 15) is 5.26 Å². The standard InChI is InChI=1S/C29H29Cl2N5S3/c1-3-39-25-9-7-19(8-10-25)22(13-20-15-27(38-2)21(17-32)14-26(20)31)18-34-28-33-11-12-36(28)29(37)35-24-6-4-5-23(30)16-24/h4-10,14-16,22H,3,11-13,18H2,1-2H3,(H,33,34)(H,35,37). The number of aliphatic imine (C=N–C) groups is 1. The first-order chi connectivity index (χ1) is 18.9. The molecule has 0 saturated carbocycles. The molecule has 2 N–H and O–H groups in total. The first-order valence-corrected chi connectivity index (χ1v) is 15.9. The third kappa shape index (κ3) is 7.84. The van der Waals surface area contributed by atoms with E-state index >= 15 is 0 Å². The summed E-state index contributed by atoms with van der Waals surface area (Å²) in [5.41, 5.74) is 3.66. The lowest BCUT2D eigenvalue weighted by molar-refractivity contribution is 0.605. The van der Waals surface area contributed by atoms with Gasteiger partial charge in [0.1, 0.15) is 6.07 Å². The summed E-state index contributed by atoms with van der Waals surface area (Å²) in [6.45, 7) is 4.15. The molecule has 39 heavy (non-hydrogen) atoms. The smallest absolute Gasteiger partial charge is 0.200 e. The van der Waals surface area contributed by atoms with Gasteiger partial charge in [0.25, 0.3) is 0 Å². The van der Waals surface area contributed by atoms with E-state index in [0.717, 1.165) is 27.9 Å². The molecule has 0 aliphatic carbocycles. The molecule has 0 aromatic heterocycles. The largest absolute Gasteiger partial charge is 0.355 e. The lowest BCUT2D eigenvalue weighted by Crippen LogP contribution is -2.45. The molecule has 0 fully saturated rings. The minimum atomic E-state index is 0.116. The molecule has 1 unspecified atom stereocenters. The summed E-state index contributed by atoms with van der Waals surface area (Å²) in [6, 6.07) is 22.3. The average Bonchev–Trinajstić information content (AvgIpc) is 3.41. The summed E-state index contributed by atoms with van der Waals surface area (Å²) in [6.07, 6.45) is 2.69. The Morgan fingerprint density at radius 1 is 1.18 bits per heavy atom. The zero-order chi connectivity index (χ0) is 27.8. The topological polar surface area (TPSA) is 63.5 Å². The van der Waals surface area contributed by atoms with Crippen LogP contribution in [0.1, 0.15) is 29.5 Å². The number of benzene rings is 3. The maximum Gasteiger partial charge on any atom is 0.200 e.